The Kier molecular flexibility index (Phi) is 6.03. The SMILES string of the molecule is Cc1cc(C(=O)Nc2ccc(NC(=O)CN3CCOCC3)cc2)c(C)s1. The molecule has 0 radical (unpaired) electrons. The van der Waals surface area contributed by atoms with Gasteiger partial charge in [0.05, 0.1) is 25.3 Å². The fourth-order valence-electron chi connectivity index (χ4n) is 2.85. The number of rotatable bonds is 5. The molecule has 0 unspecified atom stereocenters. The van der Waals surface area contributed by atoms with Crippen LogP contribution in [0.15, 0.2) is 30.3 Å². The molecule has 2 heterocycles. The van der Waals surface area contributed by atoms with Crippen LogP contribution in [0.4, 0.5) is 11.4 Å². The van der Waals surface area contributed by atoms with Crippen LogP contribution < -0.4 is 10.6 Å². The van der Waals surface area contributed by atoms with Gasteiger partial charge in [-0.25, -0.2) is 0 Å². The van der Waals surface area contributed by atoms with Crippen molar-refractivity contribution in [3.63, 3.8) is 0 Å². The molecule has 1 saturated heterocycles. The van der Waals surface area contributed by atoms with Gasteiger partial charge in [-0.15, -0.1) is 11.3 Å². The van der Waals surface area contributed by atoms with E-state index in [1.807, 2.05) is 19.9 Å². The molecule has 6 nitrogen and oxygen atoms in total. The highest BCUT2D eigenvalue weighted by Crippen LogP contribution is 2.22. The standard InChI is InChI=1S/C19H23N3O3S/c1-13-11-17(14(2)26-13)19(24)21-16-5-3-15(4-6-16)20-18(23)12-22-7-9-25-10-8-22/h3-6,11H,7-10,12H2,1-2H3,(H,20,23)(H,21,24). The van der Waals surface area contributed by atoms with E-state index in [1.165, 1.54) is 0 Å². The zero-order valence-corrected chi connectivity index (χ0v) is 15.8. The Morgan fingerprint density at radius 1 is 1.08 bits per heavy atom. The molecule has 3 rings (SSSR count). The first kappa shape index (κ1) is 18.6. The highest BCUT2D eigenvalue weighted by molar-refractivity contribution is 7.12. The molecule has 0 bridgehead atoms. The molecule has 138 valence electrons. The molecule has 2 aromatic rings. The quantitative estimate of drug-likeness (QED) is 0.845. The summed E-state index contributed by atoms with van der Waals surface area (Å²) in [6.07, 6.45) is 0. The van der Waals surface area contributed by atoms with E-state index in [9.17, 15) is 9.59 Å². The van der Waals surface area contributed by atoms with Crippen LogP contribution in [0.3, 0.4) is 0 Å². The summed E-state index contributed by atoms with van der Waals surface area (Å²) < 4.78 is 5.28. The molecule has 2 N–H and O–H groups in total. The molecule has 26 heavy (non-hydrogen) atoms. The average Bonchev–Trinajstić information content (AvgIpc) is 2.96. The molecule has 1 aromatic carbocycles. The summed E-state index contributed by atoms with van der Waals surface area (Å²) in [5, 5.41) is 5.77. The van der Waals surface area contributed by atoms with Gasteiger partial charge in [0.1, 0.15) is 0 Å². The number of thiophene rings is 1. The summed E-state index contributed by atoms with van der Waals surface area (Å²) in [4.78, 5) is 28.6. The summed E-state index contributed by atoms with van der Waals surface area (Å²) in [6, 6.07) is 9.06. The molecule has 7 heteroatoms. The van der Waals surface area contributed by atoms with Gasteiger partial charge in [-0.1, -0.05) is 0 Å². The smallest absolute Gasteiger partial charge is 0.256 e. The second-order valence-corrected chi connectivity index (χ2v) is 7.76. The number of amides is 2. The predicted octanol–water partition coefficient (Wildman–Crippen LogP) is 2.89. The number of carbonyl (C=O) groups is 2. The summed E-state index contributed by atoms with van der Waals surface area (Å²) in [6.45, 7) is 7.19. The number of aryl methyl sites for hydroxylation is 2. The van der Waals surface area contributed by atoms with Crippen molar-refractivity contribution in [3.8, 4) is 0 Å². The Balaban J connectivity index is 1.53. The van der Waals surface area contributed by atoms with Gasteiger partial charge in [-0.3, -0.25) is 14.5 Å². The van der Waals surface area contributed by atoms with Crippen molar-refractivity contribution in [2.24, 2.45) is 0 Å². The van der Waals surface area contributed by atoms with Gasteiger partial charge in [-0.2, -0.15) is 0 Å². The Bertz CT molecular complexity index is 780. The summed E-state index contributed by atoms with van der Waals surface area (Å²) in [5.74, 6) is -0.163. The molecule has 1 aromatic heterocycles. The highest BCUT2D eigenvalue weighted by atomic mass is 32.1. The van der Waals surface area contributed by atoms with Gasteiger partial charge in [0.15, 0.2) is 0 Å². The lowest BCUT2D eigenvalue weighted by molar-refractivity contribution is -0.118. The van der Waals surface area contributed by atoms with Crippen LogP contribution in [-0.2, 0) is 9.53 Å². The van der Waals surface area contributed by atoms with Crippen LogP contribution in [0.1, 0.15) is 20.1 Å². The molecule has 0 saturated carbocycles. The van der Waals surface area contributed by atoms with Crippen molar-refractivity contribution in [3.05, 3.63) is 45.6 Å². The topological polar surface area (TPSA) is 70.7 Å². The molecule has 0 spiro atoms. The van der Waals surface area contributed by atoms with Crippen LogP contribution >= 0.6 is 11.3 Å². The van der Waals surface area contributed by atoms with Crippen LogP contribution in [-0.4, -0.2) is 49.6 Å². The number of morpholine rings is 1. The Hall–Kier alpha value is -2.22. The Morgan fingerprint density at radius 2 is 1.69 bits per heavy atom. The van der Waals surface area contributed by atoms with Crippen molar-refractivity contribution < 1.29 is 14.3 Å². The molecular formula is C19H23N3O3S. The van der Waals surface area contributed by atoms with Crippen molar-refractivity contribution in [2.45, 2.75) is 13.8 Å². The van der Waals surface area contributed by atoms with E-state index in [1.54, 1.807) is 35.6 Å². The lowest BCUT2D eigenvalue weighted by Crippen LogP contribution is -2.41. The van der Waals surface area contributed by atoms with Gasteiger partial charge in [0.25, 0.3) is 5.91 Å². The van der Waals surface area contributed by atoms with E-state index < -0.39 is 0 Å². The van der Waals surface area contributed by atoms with Gasteiger partial charge in [0.2, 0.25) is 5.91 Å². The molecule has 1 fully saturated rings. The third-order valence-corrected chi connectivity index (χ3v) is 5.15. The van der Waals surface area contributed by atoms with Crippen LogP contribution in [0.5, 0.6) is 0 Å². The number of anilines is 2. The molecule has 1 aliphatic heterocycles. The predicted molar refractivity (Wildman–Crippen MR) is 104 cm³/mol. The minimum atomic E-state index is -0.115. The Morgan fingerprint density at radius 3 is 2.27 bits per heavy atom. The molecular weight excluding hydrogens is 350 g/mol. The zero-order valence-electron chi connectivity index (χ0n) is 15.0. The summed E-state index contributed by atoms with van der Waals surface area (Å²) in [7, 11) is 0. The van der Waals surface area contributed by atoms with E-state index in [2.05, 4.69) is 15.5 Å². The summed E-state index contributed by atoms with van der Waals surface area (Å²) in [5.41, 5.74) is 2.11. The van der Waals surface area contributed by atoms with E-state index in [-0.39, 0.29) is 11.8 Å². The molecule has 2 amide bonds. The fourth-order valence-corrected chi connectivity index (χ4v) is 3.78. The van der Waals surface area contributed by atoms with Crippen molar-refractivity contribution in [2.75, 3.05) is 43.5 Å². The van der Waals surface area contributed by atoms with E-state index in [0.29, 0.717) is 36.7 Å². The first-order valence-electron chi connectivity index (χ1n) is 8.59. The largest absolute Gasteiger partial charge is 0.379 e. The maximum absolute atomic E-state index is 12.3. The van der Waals surface area contributed by atoms with Crippen molar-refractivity contribution in [1.29, 1.82) is 0 Å². The van der Waals surface area contributed by atoms with Crippen LogP contribution in [0, 0.1) is 13.8 Å². The fraction of sp³-hybridized carbons (Fsp3) is 0.368. The van der Waals surface area contributed by atoms with E-state index in [0.717, 1.165) is 22.8 Å². The number of carbonyl (C=O) groups excluding carboxylic acids is 2. The lowest BCUT2D eigenvalue weighted by Gasteiger charge is -2.25. The molecule has 0 aliphatic carbocycles. The van der Waals surface area contributed by atoms with Crippen molar-refractivity contribution >= 4 is 34.5 Å². The molecule has 0 atom stereocenters. The van der Waals surface area contributed by atoms with E-state index in [4.69, 9.17) is 4.74 Å². The minimum absolute atomic E-state index is 0.0481. The highest BCUT2D eigenvalue weighted by Gasteiger charge is 2.15. The maximum Gasteiger partial charge on any atom is 0.256 e. The van der Waals surface area contributed by atoms with Crippen molar-refractivity contribution in [1.82, 2.24) is 4.90 Å². The second kappa shape index (κ2) is 8.44. The lowest BCUT2D eigenvalue weighted by atomic mass is 10.2. The number of benzene rings is 1. The number of ether oxygens (including phenoxy) is 1. The van der Waals surface area contributed by atoms with Gasteiger partial charge < -0.3 is 15.4 Å². The first-order chi connectivity index (χ1) is 12.5. The average molecular weight is 373 g/mol. The van der Waals surface area contributed by atoms with Gasteiger partial charge in [0, 0.05) is 34.2 Å². The molecule has 1 aliphatic rings. The zero-order chi connectivity index (χ0) is 18.5. The third-order valence-electron chi connectivity index (χ3n) is 4.18. The first-order valence-corrected chi connectivity index (χ1v) is 9.41. The number of nitrogens with zero attached hydrogens (tertiary/aromatic N) is 1. The third kappa shape index (κ3) is 4.91. The van der Waals surface area contributed by atoms with Gasteiger partial charge in [-0.05, 0) is 44.2 Å². The Labute approximate surface area is 157 Å². The number of hydrogen-bond acceptors (Lipinski definition) is 5. The number of hydrogen-bond donors (Lipinski definition) is 2. The number of nitrogens with one attached hydrogen (secondary N) is 2. The van der Waals surface area contributed by atoms with E-state index >= 15 is 0 Å². The maximum atomic E-state index is 12.3. The minimum Gasteiger partial charge on any atom is -0.379 e. The van der Waals surface area contributed by atoms with Crippen LogP contribution in [0.2, 0.25) is 0 Å². The van der Waals surface area contributed by atoms with Crippen LogP contribution in [0.25, 0.3) is 0 Å². The second-order valence-electron chi connectivity index (χ2n) is 6.30. The summed E-state index contributed by atoms with van der Waals surface area (Å²) >= 11 is 1.61. The normalized spacial score (nSPS) is 14.8. The van der Waals surface area contributed by atoms with Gasteiger partial charge >= 0.3 is 0 Å². The monoisotopic (exact) mass is 373 g/mol.